The van der Waals surface area contributed by atoms with Gasteiger partial charge in [0.05, 0.1) is 5.56 Å². The fourth-order valence-electron chi connectivity index (χ4n) is 6.01. The number of carbonyl (C=O) groups excluding carboxylic acids is 2. The maximum atomic E-state index is 13.5. The number of rotatable bonds is 4. The summed E-state index contributed by atoms with van der Waals surface area (Å²) in [6.07, 6.45) is 2.25. The predicted octanol–water partition coefficient (Wildman–Crippen LogP) is 3.26. The van der Waals surface area contributed by atoms with E-state index in [4.69, 9.17) is 5.73 Å². The number of hydrogen-bond donors (Lipinski definition) is 2. The summed E-state index contributed by atoms with van der Waals surface area (Å²) in [6, 6.07) is 5.41. The molecule has 1 unspecified atom stereocenters. The van der Waals surface area contributed by atoms with Crippen molar-refractivity contribution in [2.75, 3.05) is 37.6 Å². The van der Waals surface area contributed by atoms with Gasteiger partial charge in [0, 0.05) is 44.1 Å². The summed E-state index contributed by atoms with van der Waals surface area (Å²) in [5, 5.41) is 7.58. The van der Waals surface area contributed by atoms with Crippen LogP contribution in [0.2, 0.25) is 0 Å². The molecule has 0 aliphatic carbocycles. The van der Waals surface area contributed by atoms with Crippen LogP contribution in [0.5, 0.6) is 0 Å². The Hall–Kier alpha value is -3.08. The van der Waals surface area contributed by atoms with Gasteiger partial charge in [-0.05, 0) is 74.2 Å². The zero-order valence-corrected chi connectivity index (χ0v) is 20.1. The number of halogens is 3. The number of carbonyl (C=O) groups is 2. The average molecular weight is 505 g/mol. The van der Waals surface area contributed by atoms with Gasteiger partial charge < -0.3 is 20.9 Å². The van der Waals surface area contributed by atoms with E-state index in [9.17, 15) is 22.8 Å². The van der Waals surface area contributed by atoms with Gasteiger partial charge >= 0.3 is 12.2 Å². The topological polar surface area (TPSA) is 96.5 Å². The zero-order chi connectivity index (χ0) is 25.5. The molecule has 36 heavy (non-hydrogen) atoms. The van der Waals surface area contributed by atoms with Crippen LogP contribution in [0.25, 0.3) is 0 Å². The molecule has 2 aromatic rings. The quantitative estimate of drug-likeness (QED) is 0.667. The summed E-state index contributed by atoms with van der Waals surface area (Å²) in [4.78, 5) is 28.0. The van der Waals surface area contributed by atoms with Crippen molar-refractivity contribution < 1.29 is 22.8 Å². The first-order valence-corrected chi connectivity index (χ1v) is 12.5. The third-order valence-corrected chi connectivity index (χ3v) is 8.10. The Kier molecular flexibility index (Phi) is 6.44. The number of nitrogens with one attached hydrogen (secondary N) is 1. The van der Waals surface area contributed by atoms with Gasteiger partial charge in [0.25, 0.3) is 5.91 Å². The van der Waals surface area contributed by atoms with Gasteiger partial charge in [0.15, 0.2) is 5.69 Å². The van der Waals surface area contributed by atoms with Crippen molar-refractivity contribution in [1.29, 1.82) is 0 Å². The minimum Gasteiger partial charge on any atom is -0.371 e. The first kappa shape index (κ1) is 24.6. The molecule has 3 aliphatic heterocycles. The highest BCUT2D eigenvalue weighted by molar-refractivity contribution is 5.91. The molecule has 1 atom stereocenters. The molecule has 1 spiro atoms. The first-order valence-electron chi connectivity index (χ1n) is 12.5. The number of nitrogens with zero attached hydrogens (tertiary/aromatic N) is 4. The van der Waals surface area contributed by atoms with Gasteiger partial charge in [-0.15, -0.1) is 0 Å². The summed E-state index contributed by atoms with van der Waals surface area (Å²) in [7, 11) is 0. The molecule has 0 bridgehead atoms. The van der Waals surface area contributed by atoms with E-state index in [-0.39, 0.29) is 23.2 Å². The molecule has 5 rings (SSSR count). The number of anilines is 1. The molecule has 3 fully saturated rings. The Labute approximate surface area is 207 Å². The summed E-state index contributed by atoms with van der Waals surface area (Å²) in [5.74, 6) is -0.685. The van der Waals surface area contributed by atoms with Gasteiger partial charge in [-0.2, -0.15) is 23.0 Å². The average Bonchev–Trinajstić information content (AvgIpc) is 3.61. The number of likely N-dealkylation sites (tertiary alicyclic amines) is 1. The summed E-state index contributed by atoms with van der Waals surface area (Å²) < 4.78 is 41.5. The zero-order valence-electron chi connectivity index (χ0n) is 20.1. The number of nitrogens with two attached hydrogens (primary N) is 1. The Morgan fingerprint density at radius 2 is 1.81 bits per heavy atom. The van der Waals surface area contributed by atoms with Crippen LogP contribution in [0.4, 0.5) is 23.7 Å². The fraction of sp³-hybridized carbons (Fsp3) is 0.560. The number of benzene rings is 1. The van der Waals surface area contributed by atoms with Gasteiger partial charge in [-0.25, -0.2) is 4.79 Å². The van der Waals surface area contributed by atoms with Crippen molar-refractivity contribution in [2.24, 2.45) is 11.1 Å². The second-order valence-corrected chi connectivity index (χ2v) is 10.1. The largest absolute Gasteiger partial charge is 0.416 e. The molecule has 11 heteroatoms. The van der Waals surface area contributed by atoms with E-state index in [1.807, 2.05) is 0 Å². The molecule has 3 aliphatic rings. The fourth-order valence-corrected chi connectivity index (χ4v) is 6.01. The number of alkyl halides is 3. The van der Waals surface area contributed by atoms with E-state index in [0.717, 1.165) is 62.0 Å². The van der Waals surface area contributed by atoms with Crippen LogP contribution in [0.15, 0.2) is 30.5 Å². The van der Waals surface area contributed by atoms with Gasteiger partial charge in [0.1, 0.15) is 0 Å². The van der Waals surface area contributed by atoms with E-state index in [2.05, 4.69) is 15.3 Å². The van der Waals surface area contributed by atoms with Crippen molar-refractivity contribution in [3.05, 3.63) is 47.3 Å². The van der Waals surface area contributed by atoms with Crippen molar-refractivity contribution >= 4 is 17.6 Å². The van der Waals surface area contributed by atoms with Gasteiger partial charge in [-0.3, -0.25) is 4.79 Å². The van der Waals surface area contributed by atoms with E-state index >= 15 is 0 Å². The highest BCUT2D eigenvalue weighted by atomic mass is 19.4. The minimum atomic E-state index is -4.37. The molecule has 0 radical (unpaired) electrons. The van der Waals surface area contributed by atoms with Crippen LogP contribution in [0.3, 0.4) is 0 Å². The second kappa shape index (κ2) is 9.42. The highest BCUT2D eigenvalue weighted by Gasteiger charge is 2.45. The smallest absolute Gasteiger partial charge is 0.371 e. The lowest BCUT2D eigenvalue weighted by atomic mass is 9.71. The molecule has 3 saturated heterocycles. The van der Waals surface area contributed by atoms with Gasteiger partial charge in [-0.1, -0.05) is 6.07 Å². The molecule has 0 saturated carbocycles. The maximum absolute atomic E-state index is 13.5. The van der Waals surface area contributed by atoms with Gasteiger partial charge in [0.2, 0.25) is 0 Å². The predicted molar refractivity (Wildman–Crippen MR) is 128 cm³/mol. The lowest BCUT2D eigenvalue weighted by Gasteiger charge is -2.43. The van der Waals surface area contributed by atoms with E-state index in [1.54, 1.807) is 11.0 Å². The molecule has 8 nitrogen and oxygen atoms in total. The molecule has 194 valence electrons. The maximum Gasteiger partial charge on any atom is 0.416 e. The molecule has 2 amide bonds. The Morgan fingerprint density at radius 3 is 2.44 bits per heavy atom. The SMILES string of the molecule is NC(=O)c1ccn(C(=O)N2CCC3(CCNC3Cc3ccc(C(F)(F)F)cc3N3CCCC3)CC2)n1. The Bertz CT molecular complexity index is 1130. The molecular weight excluding hydrogens is 473 g/mol. The van der Waals surface area contributed by atoms with Crippen LogP contribution >= 0.6 is 0 Å². The van der Waals surface area contributed by atoms with Crippen LogP contribution < -0.4 is 16.0 Å². The number of hydrogen-bond acceptors (Lipinski definition) is 5. The lowest BCUT2D eigenvalue weighted by Crippen LogP contribution is -2.49. The lowest BCUT2D eigenvalue weighted by molar-refractivity contribution is -0.137. The standard InChI is InChI=1S/C25H31F3N6O2/c26-25(27,28)18-4-3-17(20(16-18)32-10-1-2-11-32)15-21-24(6-9-30-21)7-13-33(14-8-24)23(36)34-12-5-19(31-34)22(29)35/h3-5,12,16,21,30H,1-2,6-11,13-15H2,(H2,29,35). The van der Waals surface area contributed by atoms with Crippen LogP contribution in [0.1, 0.15) is 53.7 Å². The van der Waals surface area contributed by atoms with Crippen molar-refractivity contribution in [1.82, 2.24) is 20.0 Å². The summed E-state index contributed by atoms with van der Waals surface area (Å²) >= 11 is 0. The van der Waals surface area contributed by atoms with E-state index in [1.165, 1.54) is 24.4 Å². The third kappa shape index (κ3) is 4.68. The Balaban J connectivity index is 1.31. The number of primary amides is 1. The number of aromatic nitrogens is 2. The van der Waals surface area contributed by atoms with Crippen LogP contribution in [-0.2, 0) is 12.6 Å². The van der Waals surface area contributed by atoms with Crippen molar-refractivity contribution in [3.8, 4) is 0 Å². The molecule has 3 N–H and O–H groups in total. The first-order chi connectivity index (χ1) is 17.2. The van der Waals surface area contributed by atoms with Crippen molar-refractivity contribution in [2.45, 2.75) is 50.7 Å². The molecule has 4 heterocycles. The minimum absolute atomic E-state index is 0.0236. The van der Waals surface area contributed by atoms with E-state index < -0.39 is 17.6 Å². The normalized spacial score (nSPS) is 21.9. The number of amides is 2. The van der Waals surface area contributed by atoms with Crippen LogP contribution in [-0.4, -0.2) is 65.4 Å². The molecule has 1 aromatic heterocycles. The van der Waals surface area contributed by atoms with Crippen LogP contribution in [0, 0.1) is 5.41 Å². The summed E-state index contributed by atoms with van der Waals surface area (Å²) in [6.45, 7) is 3.50. The molecular formula is C25H31F3N6O2. The molecule has 1 aromatic carbocycles. The Morgan fingerprint density at radius 1 is 1.08 bits per heavy atom. The van der Waals surface area contributed by atoms with Crippen molar-refractivity contribution in [3.63, 3.8) is 0 Å². The monoisotopic (exact) mass is 504 g/mol. The van der Waals surface area contributed by atoms with E-state index in [0.29, 0.717) is 25.2 Å². The summed E-state index contributed by atoms with van der Waals surface area (Å²) in [5.41, 5.74) is 6.29. The number of piperidine rings is 1. The second-order valence-electron chi connectivity index (χ2n) is 10.1. The highest BCUT2D eigenvalue weighted by Crippen LogP contribution is 2.44. The third-order valence-electron chi connectivity index (χ3n) is 8.10.